The Morgan fingerprint density at radius 3 is 2.76 bits per heavy atom. The van der Waals surface area contributed by atoms with E-state index in [9.17, 15) is 0 Å². The van der Waals surface area contributed by atoms with E-state index < -0.39 is 0 Å². The fourth-order valence-corrected chi connectivity index (χ4v) is 2.80. The summed E-state index contributed by atoms with van der Waals surface area (Å²) in [4.78, 5) is 0. The first-order chi connectivity index (χ1) is 10.2. The van der Waals surface area contributed by atoms with Crippen LogP contribution in [0.25, 0.3) is 17.1 Å². The third-order valence-electron chi connectivity index (χ3n) is 3.25. The van der Waals surface area contributed by atoms with E-state index in [-0.39, 0.29) is 0 Å². The maximum atomic E-state index is 5.90. The SMILES string of the molecule is CCc1ccccc1-n1nnnc1-c1cc(N)cc(Br)c1. The van der Waals surface area contributed by atoms with Gasteiger partial charge >= 0.3 is 0 Å². The number of nitrogens with zero attached hydrogens (tertiary/aromatic N) is 4. The molecule has 0 atom stereocenters. The van der Waals surface area contributed by atoms with E-state index in [4.69, 9.17) is 5.73 Å². The predicted molar refractivity (Wildman–Crippen MR) is 86.1 cm³/mol. The maximum absolute atomic E-state index is 5.90. The Kier molecular flexibility index (Phi) is 3.70. The van der Waals surface area contributed by atoms with Crippen LogP contribution in [0.4, 0.5) is 5.69 Å². The Labute approximate surface area is 130 Å². The lowest BCUT2D eigenvalue weighted by Crippen LogP contribution is -2.03. The molecule has 0 aliphatic carbocycles. The summed E-state index contributed by atoms with van der Waals surface area (Å²) in [7, 11) is 0. The van der Waals surface area contributed by atoms with Crippen molar-refractivity contribution in [3.05, 3.63) is 52.5 Å². The Hall–Kier alpha value is -2.21. The molecule has 1 aromatic heterocycles. The Morgan fingerprint density at radius 1 is 1.19 bits per heavy atom. The molecule has 0 saturated heterocycles. The number of anilines is 1. The molecule has 2 N–H and O–H groups in total. The molecule has 2 aromatic carbocycles. The zero-order valence-electron chi connectivity index (χ0n) is 11.5. The second-order valence-corrected chi connectivity index (χ2v) is 5.59. The van der Waals surface area contributed by atoms with Crippen molar-refractivity contribution >= 4 is 21.6 Å². The van der Waals surface area contributed by atoms with Crippen LogP contribution in [0.5, 0.6) is 0 Å². The molecular formula is C15H14BrN5. The van der Waals surface area contributed by atoms with Gasteiger partial charge < -0.3 is 5.73 Å². The lowest BCUT2D eigenvalue weighted by atomic mass is 10.1. The van der Waals surface area contributed by atoms with Gasteiger partial charge in [-0.3, -0.25) is 0 Å². The average molecular weight is 344 g/mol. The molecule has 3 rings (SSSR count). The topological polar surface area (TPSA) is 69.6 Å². The van der Waals surface area contributed by atoms with E-state index in [0.29, 0.717) is 11.5 Å². The lowest BCUT2D eigenvalue weighted by molar-refractivity contribution is 0.783. The Morgan fingerprint density at radius 2 is 2.00 bits per heavy atom. The molecule has 5 nitrogen and oxygen atoms in total. The second-order valence-electron chi connectivity index (χ2n) is 4.67. The Bertz CT molecular complexity index is 761. The summed E-state index contributed by atoms with van der Waals surface area (Å²) in [6.45, 7) is 2.11. The molecule has 0 bridgehead atoms. The van der Waals surface area contributed by atoms with Gasteiger partial charge in [-0.2, -0.15) is 4.68 Å². The highest BCUT2D eigenvalue weighted by Gasteiger charge is 2.13. The molecule has 0 aliphatic rings. The number of hydrogen-bond acceptors (Lipinski definition) is 4. The highest BCUT2D eigenvalue weighted by atomic mass is 79.9. The minimum atomic E-state index is 0.665. The van der Waals surface area contributed by atoms with E-state index >= 15 is 0 Å². The van der Waals surface area contributed by atoms with E-state index in [0.717, 1.165) is 22.1 Å². The molecule has 21 heavy (non-hydrogen) atoms. The van der Waals surface area contributed by atoms with Gasteiger partial charge in [0.1, 0.15) is 0 Å². The first kappa shape index (κ1) is 13.8. The summed E-state index contributed by atoms with van der Waals surface area (Å²) < 4.78 is 2.65. The van der Waals surface area contributed by atoms with Gasteiger partial charge in [-0.25, -0.2) is 0 Å². The quantitative estimate of drug-likeness (QED) is 0.741. The van der Waals surface area contributed by atoms with Crippen molar-refractivity contribution in [1.82, 2.24) is 20.2 Å². The van der Waals surface area contributed by atoms with Crippen LogP contribution in [0.2, 0.25) is 0 Å². The highest BCUT2D eigenvalue weighted by Crippen LogP contribution is 2.26. The number of halogens is 1. The van der Waals surface area contributed by atoms with Crippen LogP contribution in [0.15, 0.2) is 46.9 Å². The van der Waals surface area contributed by atoms with E-state index in [1.54, 1.807) is 4.68 Å². The van der Waals surface area contributed by atoms with Crippen LogP contribution in [0.1, 0.15) is 12.5 Å². The van der Waals surface area contributed by atoms with E-state index in [1.807, 2.05) is 36.4 Å². The molecule has 6 heteroatoms. The van der Waals surface area contributed by atoms with Gasteiger partial charge in [-0.05, 0) is 46.7 Å². The molecule has 0 spiro atoms. The molecule has 0 unspecified atom stereocenters. The van der Waals surface area contributed by atoms with Crippen molar-refractivity contribution in [3.63, 3.8) is 0 Å². The van der Waals surface area contributed by atoms with Crippen LogP contribution in [0, 0.1) is 0 Å². The number of rotatable bonds is 3. The van der Waals surface area contributed by atoms with Gasteiger partial charge in [0.25, 0.3) is 0 Å². The summed E-state index contributed by atoms with van der Waals surface area (Å²) in [6, 6.07) is 13.8. The van der Waals surface area contributed by atoms with Crippen LogP contribution in [-0.2, 0) is 6.42 Å². The standard InChI is InChI=1S/C15H14BrN5/c1-2-10-5-3-4-6-14(10)21-15(18-19-20-21)11-7-12(16)9-13(17)8-11/h3-9H,2,17H2,1H3. The molecular weight excluding hydrogens is 330 g/mol. The van der Waals surface area contributed by atoms with Gasteiger partial charge in [0.2, 0.25) is 0 Å². The van der Waals surface area contributed by atoms with Crippen LogP contribution in [-0.4, -0.2) is 20.2 Å². The van der Waals surface area contributed by atoms with Crippen molar-refractivity contribution in [3.8, 4) is 17.1 Å². The third kappa shape index (κ3) is 2.67. The van der Waals surface area contributed by atoms with Crippen molar-refractivity contribution in [2.75, 3.05) is 5.73 Å². The van der Waals surface area contributed by atoms with Gasteiger partial charge in [-0.1, -0.05) is 41.1 Å². The summed E-state index contributed by atoms with van der Waals surface area (Å²) in [6.07, 6.45) is 0.913. The zero-order valence-corrected chi connectivity index (χ0v) is 13.1. The summed E-state index contributed by atoms with van der Waals surface area (Å²) in [5, 5.41) is 12.1. The van der Waals surface area contributed by atoms with Gasteiger partial charge in [0, 0.05) is 15.7 Å². The number of nitrogens with two attached hydrogens (primary N) is 1. The minimum Gasteiger partial charge on any atom is -0.399 e. The smallest absolute Gasteiger partial charge is 0.187 e. The van der Waals surface area contributed by atoms with Gasteiger partial charge in [-0.15, -0.1) is 5.10 Å². The van der Waals surface area contributed by atoms with Crippen LogP contribution >= 0.6 is 15.9 Å². The number of tetrazole rings is 1. The van der Waals surface area contributed by atoms with Crippen molar-refractivity contribution in [2.24, 2.45) is 0 Å². The summed E-state index contributed by atoms with van der Waals surface area (Å²) >= 11 is 3.45. The lowest BCUT2D eigenvalue weighted by Gasteiger charge is -2.09. The first-order valence-corrected chi connectivity index (χ1v) is 7.41. The maximum Gasteiger partial charge on any atom is 0.187 e. The second kappa shape index (κ2) is 5.65. The first-order valence-electron chi connectivity index (χ1n) is 6.62. The summed E-state index contributed by atoms with van der Waals surface area (Å²) in [5.41, 5.74) is 9.61. The monoisotopic (exact) mass is 343 g/mol. The van der Waals surface area contributed by atoms with Gasteiger partial charge in [0.05, 0.1) is 5.69 Å². The molecule has 0 amide bonds. The molecule has 0 saturated carbocycles. The Balaban J connectivity index is 2.17. The molecule has 1 heterocycles. The third-order valence-corrected chi connectivity index (χ3v) is 3.71. The highest BCUT2D eigenvalue weighted by molar-refractivity contribution is 9.10. The van der Waals surface area contributed by atoms with Crippen molar-refractivity contribution < 1.29 is 0 Å². The van der Waals surface area contributed by atoms with Crippen molar-refractivity contribution in [2.45, 2.75) is 13.3 Å². The largest absolute Gasteiger partial charge is 0.399 e. The predicted octanol–water partition coefficient (Wildman–Crippen LogP) is 3.24. The number of para-hydroxylation sites is 1. The molecule has 0 radical (unpaired) electrons. The normalized spacial score (nSPS) is 10.8. The fourth-order valence-electron chi connectivity index (χ4n) is 2.29. The summed E-state index contributed by atoms with van der Waals surface area (Å²) in [5.74, 6) is 0.670. The van der Waals surface area contributed by atoms with Crippen LogP contribution in [0.3, 0.4) is 0 Å². The average Bonchev–Trinajstić information content (AvgIpc) is 2.95. The van der Waals surface area contributed by atoms with Crippen LogP contribution < -0.4 is 5.73 Å². The van der Waals surface area contributed by atoms with Gasteiger partial charge in [0.15, 0.2) is 5.82 Å². The fraction of sp³-hybridized carbons (Fsp3) is 0.133. The molecule has 0 fully saturated rings. The number of benzene rings is 2. The number of aromatic nitrogens is 4. The number of nitrogen functional groups attached to an aromatic ring is 1. The van der Waals surface area contributed by atoms with E-state index in [1.165, 1.54) is 5.56 Å². The minimum absolute atomic E-state index is 0.665. The van der Waals surface area contributed by atoms with Crippen molar-refractivity contribution in [1.29, 1.82) is 0 Å². The molecule has 0 aliphatic heterocycles. The number of aryl methyl sites for hydroxylation is 1. The molecule has 106 valence electrons. The molecule has 3 aromatic rings. The number of hydrogen-bond donors (Lipinski definition) is 1. The zero-order chi connectivity index (χ0) is 14.8. The van der Waals surface area contributed by atoms with E-state index in [2.05, 4.69) is 44.4 Å².